The highest BCUT2D eigenvalue weighted by Gasteiger charge is 2.19. The lowest BCUT2D eigenvalue weighted by Gasteiger charge is -2.21. The van der Waals surface area contributed by atoms with Crippen LogP contribution in [0.2, 0.25) is 0 Å². The van der Waals surface area contributed by atoms with Crippen LogP contribution in [-0.2, 0) is 10.0 Å². The van der Waals surface area contributed by atoms with E-state index in [-0.39, 0.29) is 17.2 Å². The third-order valence-electron chi connectivity index (χ3n) is 4.29. The fraction of sp³-hybridized carbons (Fsp3) is 0.0952. The number of halogens is 3. The maximum absolute atomic E-state index is 13.3. The molecule has 5 nitrogen and oxygen atoms in total. The number of nitrogens with one attached hydrogen (secondary N) is 1. The normalized spacial score (nSPS) is 11.2. The molecule has 3 aromatic rings. The molecular weight excluding hydrogens is 417 g/mol. The van der Waals surface area contributed by atoms with Crippen LogP contribution in [0.1, 0.15) is 17.3 Å². The number of rotatable bonds is 6. The van der Waals surface area contributed by atoms with Crippen molar-refractivity contribution in [3.05, 3.63) is 89.7 Å². The number of amides is 1. The lowest BCUT2D eigenvalue weighted by Crippen LogP contribution is -2.30. The van der Waals surface area contributed by atoms with E-state index in [1.807, 2.05) is 0 Å². The molecule has 1 N–H and O–H groups in total. The van der Waals surface area contributed by atoms with Crippen LogP contribution < -0.4 is 9.62 Å². The fourth-order valence-corrected chi connectivity index (χ4v) is 3.83. The molecule has 3 rings (SSSR count). The van der Waals surface area contributed by atoms with Crippen LogP contribution in [0.15, 0.2) is 71.6 Å². The zero-order chi connectivity index (χ0) is 21.9. The lowest BCUT2D eigenvalue weighted by atomic mass is 10.1. The number of nitrogens with zero attached hydrogens (tertiary/aromatic N) is 1. The molecule has 0 radical (unpaired) electrons. The summed E-state index contributed by atoms with van der Waals surface area (Å²) in [5, 5.41) is 0. The zero-order valence-electron chi connectivity index (χ0n) is 15.8. The maximum atomic E-state index is 13.3. The van der Waals surface area contributed by atoms with Gasteiger partial charge in [-0.15, -0.1) is 0 Å². The molecule has 0 atom stereocenters. The Kier molecular flexibility index (Phi) is 6.12. The van der Waals surface area contributed by atoms with E-state index in [1.165, 1.54) is 53.4 Å². The third-order valence-corrected chi connectivity index (χ3v) is 5.66. The van der Waals surface area contributed by atoms with Crippen molar-refractivity contribution in [3.8, 4) is 0 Å². The highest BCUT2D eigenvalue weighted by Crippen LogP contribution is 2.21. The molecule has 156 valence electrons. The summed E-state index contributed by atoms with van der Waals surface area (Å²) in [5.74, 6) is -3.20. The van der Waals surface area contributed by atoms with E-state index >= 15 is 0 Å². The molecule has 0 aromatic heterocycles. The summed E-state index contributed by atoms with van der Waals surface area (Å²) in [5.41, 5.74) is 0.949. The van der Waals surface area contributed by atoms with Crippen LogP contribution >= 0.6 is 0 Å². The molecule has 0 bridgehead atoms. The van der Waals surface area contributed by atoms with E-state index in [1.54, 1.807) is 6.92 Å². The number of hydrogen-bond donors (Lipinski definition) is 1. The predicted octanol–water partition coefficient (Wildman–Crippen LogP) is 4.57. The first kappa shape index (κ1) is 21.4. The molecule has 1 amide bonds. The van der Waals surface area contributed by atoms with Crippen molar-refractivity contribution in [1.82, 2.24) is 0 Å². The molecule has 0 aliphatic rings. The van der Waals surface area contributed by atoms with Crippen LogP contribution in [0.5, 0.6) is 0 Å². The third kappa shape index (κ3) is 4.62. The van der Waals surface area contributed by atoms with E-state index in [0.29, 0.717) is 18.3 Å². The van der Waals surface area contributed by atoms with E-state index in [9.17, 15) is 26.4 Å². The van der Waals surface area contributed by atoms with Crippen molar-refractivity contribution in [2.24, 2.45) is 0 Å². The van der Waals surface area contributed by atoms with Crippen molar-refractivity contribution < 1.29 is 26.4 Å². The van der Waals surface area contributed by atoms with Crippen molar-refractivity contribution in [2.75, 3.05) is 16.2 Å². The Bertz CT molecular complexity index is 1170. The minimum Gasteiger partial charge on any atom is -0.309 e. The minimum atomic E-state index is -4.14. The molecule has 0 saturated heterocycles. The molecule has 30 heavy (non-hydrogen) atoms. The molecule has 0 aliphatic carbocycles. The first-order valence-electron chi connectivity index (χ1n) is 8.86. The van der Waals surface area contributed by atoms with Crippen LogP contribution in [-0.4, -0.2) is 20.9 Å². The van der Waals surface area contributed by atoms with Gasteiger partial charge in [-0.1, -0.05) is 0 Å². The van der Waals surface area contributed by atoms with E-state index in [2.05, 4.69) is 4.72 Å². The topological polar surface area (TPSA) is 66.5 Å². The second kappa shape index (κ2) is 8.58. The summed E-state index contributed by atoms with van der Waals surface area (Å²) >= 11 is 0. The van der Waals surface area contributed by atoms with Gasteiger partial charge in [-0.2, -0.15) is 0 Å². The Balaban J connectivity index is 1.79. The Morgan fingerprint density at radius 2 is 1.53 bits per heavy atom. The smallest absolute Gasteiger partial charge is 0.261 e. The van der Waals surface area contributed by atoms with Crippen molar-refractivity contribution in [1.29, 1.82) is 0 Å². The summed E-state index contributed by atoms with van der Waals surface area (Å²) in [6, 6.07) is 13.3. The summed E-state index contributed by atoms with van der Waals surface area (Å²) in [6.07, 6.45) is 0. The number of hydrogen-bond acceptors (Lipinski definition) is 3. The van der Waals surface area contributed by atoms with Crippen LogP contribution in [0, 0.1) is 17.5 Å². The number of anilines is 2. The van der Waals surface area contributed by atoms with Gasteiger partial charge in [0.1, 0.15) is 5.82 Å². The summed E-state index contributed by atoms with van der Waals surface area (Å²) in [6.45, 7) is 2.11. The Labute approximate surface area is 171 Å². The predicted molar refractivity (Wildman–Crippen MR) is 107 cm³/mol. The van der Waals surface area contributed by atoms with Gasteiger partial charge >= 0.3 is 0 Å². The lowest BCUT2D eigenvalue weighted by molar-refractivity contribution is 0.0988. The molecule has 0 aliphatic heterocycles. The monoisotopic (exact) mass is 434 g/mol. The summed E-state index contributed by atoms with van der Waals surface area (Å²) in [7, 11) is -4.14. The number of benzene rings is 3. The highest BCUT2D eigenvalue weighted by atomic mass is 32.2. The second-order valence-electron chi connectivity index (χ2n) is 6.28. The average molecular weight is 434 g/mol. The van der Waals surface area contributed by atoms with Gasteiger partial charge in [0.25, 0.3) is 15.9 Å². The van der Waals surface area contributed by atoms with Gasteiger partial charge in [-0.25, -0.2) is 21.6 Å². The Morgan fingerprint density at radius 3 is 2.10 bits per heavy atom. The van der Waals surface area contributed by atoms with Gasteiger partial charge < -0.3 is 4.90 Å². The Morgan fingerprint density at radius 1 is 0.900 bits per heavy atom. The quantitative estimate of drug-likeness (QED) is 0.618. The fourth-order valence-electron chi connectivity index (χ4n) is 2.76. The van der Waals surface area contributed by atoms with Crippen molar-refractivity contribution >= 4 is 27.3 Å². The zero-order valence-corrected chi connectivity index (χ0v) is 16.6. The maximum Gasteiger partial charge on any atom is 0.261 e. The Hall–Kier alpha value is -3.33. The average Bonchev–Trinajstić information content (AvgIpc) is 2.72. The van der Waals surface area contributed by atoms with Crippen molar-refractivity contribution in [3.63, 3.8) is 0 Å². The number of carbonyl (C=O) groups is 1. The number of sulfonamides is 1. The molecule has 3 aromatic carbocycles. The van der Waals surface area contributed by atoms with Crippen LogP contribution in [0.4, 0.5) is 24.5 Å². The van der Waals surface area contributed by atoms with Crippen molar-refractivity contribution in [2.45, 2.75) is 11.8 Å². The van der Waals surface area contributed by atoms with E-state index in [4.69, 9.17) is 0 Å². The SMILES string of the molecule is CCN(C(=O)c1ccc(NS(=O)(=O)c2ccc(F)c(F)c2)cc1)c1ccc(F)cc1. The van der Waals surface area contributed by atoms with Gasteiger partial charge in [0.15, 0.2) is 11.6 Å². The van der Waals surface area contributed by atoms with Gasteiger partial charge in [-0.3, -0.25) is 9.52 Å². The first-order chi connectivity index (χ1) is 14.2. The molecular formula is C21H17F3N2O3S. The van der Waals surface area contributed by atoms with Gasteiger partial charge in [0, 0.05) is 23.5 Å². The van der Waals surface area contributed by atoms with Crippen LogP contribution in [0.25, 0.3) is 0 Å². The van der Waals surface area contributed by atoms with E-state index < -0.39 is 32.4 Å². The second-order valence-corrected chi connectivity index (χ2v) is 7.97. The number of carbonyl (C=O) groups excluding carboxylic acids is 1. The highest BCUT2D eigenvalue weighted by molar-refractivity contribution is 7.92. The van der Waals surface area contributed by atoms with Crippen LogP contribution in [0.3, 0.4) is 0 Å². The molecule has 9 heteroatoms. The first-order valence-corrected chi connectivity index (χ1v) is 10.3. The molecule has 0 heterocycles. The summed E-state index contributed by atoms with van der Waals surface area (Å²) < 4.78 is 66.4. The van der Waals surface area contributed by atoms with Gasteiger partial charge in [-0.05, 0) is 73.7 Å². The minimum absolute atomic E-state index is 0.140. The van der Waals surface area contributed by atoms with Gasteiger partial charge in [0.05, 0.1) is 4.90 Å². The molecule has 0 saturated carbocycles. The summed E-state index contributed by atoms with van der Waals surface area (Å²) in [4.78, 5) is 13.8. The molecule has 0 unspecified atom stereocenters. The van der Waals surface area contributed by atoms with E-state index in [0.717, 1.165) is 12.1 Å². The largest absolute Gasteiger partial charge is 0.309 e. The molecule has 0 fully saturated rings. The van der Waals surface area contributed by atoms with Gasteiger partial charge in [0.2, 0.25) is 0 Å². The molecule has 0 spiro atoms. The standard InChI is InChI=1S/C21H17F3N2O3S/c1-2-26(17-9-5-15(22)6-10-17)21(27)14-3-7-16(8-4-14)25-30(28,29)18-11-12-19(23)20(24)13-18/h3-13,25H,2H2,1H3.